The molecular formula is C19H28N4O4. The van der Waals surface area contributed by atoms with Crippen molar-refractivity contribution in [2.75, 3.05) is 46.9 Å². The molecule has 0 atom stereocenters. The Labute approximate surface area is 160 Å². The number of likely N-dealkylation sites (N-methyl/N-ethyl adjacent to an activating group) is 2. The Balaban J connectivity index is 1.86. The van der Waals surface area contributed by atoms with Crippen LogP contribution in [0.3, 0.4) is 0 Å². The van der Waals surface area contributed by atoms with E-state index in [0.717, 1.165) is 23.7 Å². The van der Waals surface area contributed by atoms with Gasteiger partial charge in [0.2, 0.25) is 5.91 Å². The van der Waals surface area contributed by atoms with Crippen molar-refractivity contribution in [1.82, 2.24) is 19.7 Å². The van der Waals surface area contributed by atoms with Crippen LogP contribution in [0.25, 0.3) is 0 Å². The zero-order valence-electron chi connectivity index (χ0n) is 16.3. The summed E-state index contributed by atoms with van der Waals surface area (Å²) in [4.78, 5) is 45.5. The summed E-state index contributed by atoms with van der Waals surface area (Å²) < 4.78 is 4.80. The van der Waals surface area contributed by atoms with Gasteiger partial charge in [-0.15, -0.1) is 0 Å². The molecule has 1 aliphatic rings. The van der Waals surface area contributed by atoms with Crippen molar-refractivity contribution in [2.45, 2.75) is 26.2 Å². The third kappa shape index (κ3) is 6.02. The number of hydrogen-bond acceptors (Lipinski definition) is 6. The number of carbonyl (C=O) groups excluding carboxylic acids is 3. The van der Waals surface area contributed by atoms with Gasteiger partial charge in [-0.3, -0.25) is 14.6 Å². The van der Waals surface area contributed by atoms with Crippen molar-refractivity contribution in [3.05, 3.63) is 29.6 Å². The average Bonchev–Trinajstić information content (AvgIpc) is 3.07. The summed E-state index contributed by atoms with van der Waals surface area (Å²) in [5.41, 5.74) is 1.14. The minimum Gasteiger partial charge on any atom is -0.447 e. The third-order valence-electron chi connectivity index (χ3n) is 4.44. The van der Waals surface area contributed by atoms with Crippen LogP contribution in [0.5, 0.6) is 0 Å². The number of aryl methyl sites for hydroxylation is 1. The lowest BCUT2D eigenvalue weighted by Gasteiger charge is -2.22. The fourth-order valence-corrected chi connectivity index (χ4v) is 2.84. The first-order chi connectivity index (χ1) is 12.9. The molecule has 0 aromatic carbocycles. The Kier molecular flexibility index (Phi) is 7.72. The largest absolute Gasteiger partial charge is 0.447 e. The number of rotatable bonds is 9. The SMILES string of the molecule is CCN(CCN(C)C)C(=O)CCCc1cc(C(=O)N2CCOC2=O)ccn1. The molecule has 8 heteroatoms. The number of ether oxygens (including phenoxy) is 1. The minimum atomic E-state index is -0.610. The van der Waals surface area contributed by atoms with Gasteiger partial charge in [-0.05, 0) is 46.0 Å². The lowest BCUT2D eigenvalue weighted by atomic mass is 10.1. The summed E-state index contributed by atoms with van der Waals surface area (Å²) in [6.07, 6.45) is 2.65. The topological polar surface area (TPSA) is 83.0 Å². The van der Waals surface area contributed by atoms with Gasteiger partial charge in [0, 0.05) is 43.5 Å². The molecule has 0 unspecified atom stereocenters. The molecule has 2 rings (SSSR count). The van der Waals surface area contributed by atoms with E-state index in [-0.39, 0.29) is 25.0 Å². The molecule has 2 heterocycles. The third-order valence-corrected chi connectivity index (χ3v) is 4.44. The van der Waals surface area contributed by atoms with Gasteiger partial charge in [-0.2, -0.15) is 0 Å². The van der Waals surface area contributed by atoms with Crippen molar-refractivity contribution >= 4 is 17.9 Å². The fourth-order valence-electron chi connectivity index (χ4n) is 2.84. The molecule has 0 aliphatic carbocycles. The average molecular weight is 376 g/mol. The standard InChI is InChI=1S/C19H28N4O4/c1-4-22(11-10-21(2)3)17(24)7-5-6-16-14-15(8-9-20-16)18(25)23-12-13-27-19(23)26/h8-9,14H,4-7,10-13H2,1-3H3. The number of aromatic nitrogens is 1. The van der Waals surface area contributed by atoms with E-state index in [9.17, 15) is 14.4 Å². The molecule has 0 saturated carbocycles. The second-order valence-corrected chi connectivity index (χ2v) is 6.74. The van der Waals surface area contributed by atoms with E-state index in [1.54, 1.807) is 18.3 Å². The van der Waals surface area contributed by atoms with E-state index < -0.39 is 6.09 Å². The van der Waals surface area contributed by atoms with Gasteiger partial charge in [0.25, 0.3) is 5.91 Å². The molecule has 0 spiro atoms. The maximum absolute atomic E-state index is 12.4. The predicted molar refractivity (Wildman–Crippen MR) is 100 cm³/mol. The Morgan fingerprint density at radius 3 is 2.70 bits per heavy atom. The van der Waals surface area contributed by atoms with E-state index in [0.29, 0.717) is 31.4 Å². The van der Waals surface area contributed by atoms with Gasteiger partial charge in [0.1, 0.15) is 6.61 Å². The van der Waals surface area contributed by atoms with Gasteiger partial charge in [-0.1, -0.05) is 0 Å². The Bertz CT molecular complexity index is 677. The van der Waals surface area contributed by atoms with Crippen molar-refractivity contribution < 1.29 is 19.1 Å². The molecule has 8 nitrogen and oxygen atoms in total. The first kappa shape index (κ1) is 20.8. The molecule has 148 valence electrons. The van der Waals surface area contributed by atoms with Crippen LogP contribution in [0.4, 0.5) is 4.79 Å². The summed E-state index contributed by atoms with van der Waals surface area (Å²) in [6.45, 7) is 4.73. The normalized spacial score (nSPS) is 13.8. The van der Waals surface area contributed by atoms with E-state index in [1.165, 1.54) is 0 Å². The fraction of sp³-hybridized carbons (Fsp3) is 0.579. The molecule has 1 aromatic rings. The van der Waals surface area contributed by atoms with Crippen LogP contribution in [-0.4, -0.2) is 84.5 Å². The van der Waals surface area contributed by atoms with Gasteiger partial charge < -0.3 is 14.5 Å². The van der Waals surface area contributed by atoms with Crippen LogP contribution >= 0.6 is 0 Å². The summed E-state index contributed by atoms with van der Waals surface area (Å²) in [6, 6.07) is 3.27. The lowest BCUT2D eigenvalue weighted by Crippen LogP contribution is -2.36. The van der Waals surface area contributed by atoms with Crippen molar-refractivity contribution in [3.63, 3.8) is 0 Å². The van der Waals surface area contributed by atoms with E-state index in [4.69, 9.17) is 4.74 Å². The van der Waals surface area contributed by atoms with Crippen LogP contribution in [0, 0.1) is 0 Å². The molecule has 0 radical (unpaired) electrons. The summed E-state index contributed by atoms with van der Waals surface area (Å²) in [7, 11) is 3.97. The Morgan fingerprint density at radius 1 is 1.30 bits per heavy atom. The highest BCUT2D eigenvalue weighted by molar-refractivity contribution is 6.03. The number of imide groups is 1. The van der Waals surface area contributed by atoms with E-state index >= 15 is 0 Å². The van der Waals surface area contributed by atoms with Crippen LogP contribution in [-0.2, 0) is 16.0 Å². The van der Waals surface area contributed by atoms with E-state index in [2.05, 4.69) is 9.88 Å². The number of pyridine rings is 1. The van der Waals surface area contributed by atoms with Crippen LogP contribution < -0.4 is 0 Å². The lowest BCUT2D eigenvalue weighted by molar-refractivity contribution is -0.131. The number of hydrogen-bond donors (Lipinski definition) is 0. The second kappa shape index (κ2) is 10.0. The maximum Gasteiger partial charge on any atom is 0.416 e. The van der Waals surface area contributed by atoms with E-state index in [1.807, 2.05) is 25.9 Å². The molecule has 1 aromatic heterocycles. The molecule has 3 amide bonds. The highest BCUT2D eigenvalue weighted by Crippen LogP contribution is 2.13. The second-order valence-electron chi connectivity index (χ2n) is 6.74. The zero-order valence-corrected chi connectivity index (χ0v) is 16.3. The number of cyclic esters (lactones) is 1. The highest BCUT2D eigenvalue weighted by Gasteiger charge is 2.29. The molecule has 0 N–H and O–H groups in total. The molecule has 0 bridgehead atoms. The minimum absolute atomic E-state index is 0.131. The molecule has 27 heavy (non-hydrogen) atoms. The van der Waals surface area contributed by atoms with Crippen LogP contribution in [0.1, 0.15) is 35.8 Å². The summed E-state index contributed by atoms with van der Waals surface area (Å²) >= 11 is 0. The number of carbonyl (C=O) groups is 3. The van der Waals surface area contributed by atoms with Crippen molar-refractivity contribution in [3.8, 4) is 0 Å². The smallest absolute Gasteiger partial charge is 0.416 e. The molecule has 1 saturated heterocycles. The predicted octanol–water partition coefficient (Wildman–Crippen LogP) is 1.41. The van der Waals surface area contributed by atoms with Gasteiger partial charge in [-0.25, -0.2) is 9.69 Å². The van der Waals surface area contributed by atoms with Gasteiger partial charge >= 0.3 is 6.09 Å². The van der Waals surface area contributed by atoms with Crippen molar-refractivity contribution in [1.29, 1.82) is 0 Å². The zero-order chi connectivity index (χ0) is 19.8. The first-order valence-electron chi connectivity index (χ1n) is 9.28. The number of amides is 3. The number of nitrogens with zero attached hydrogens (tertiary/aromatic N) is 4. The Morgan fingerprint density at radius 2 is 2.07 bits per heavy atom. The first-order valence-corrected chi connectivity index (χ1v) is 9.28. The van der Waals surface area contributed by atoms with Gasteiger partial charge in [0.15, 0.2) is 0 Å². The van der Waals surface area contributed by atoms with Gasteiger partial charge in [0.05, 0.1) is 6.54 Å². The molecule has 1 aliphatic heterocycles. The monoisotopic (exact) mass is 376 g/mol. The van der Waals surface area contributed by atoms with Crippen molar-refractivity contribution in [2.24, 2.45) is 0 Å². The van der Waals surface area contributed by atoms with Crippen LogP contribution in [0.2, 0.25) is 0 Å². The van der Waals surface area contributed by atoms with Crippen LogP contribution in [0.15, 0.2) is 18.3 Å². The Hall–Kier alpha value is -2.48. The molecule has 1 fully saturated rings. The summed E-state index contributed by atoms with van der Waals surface area (Å²) in [5.74, 6) is -0.246. The highest BCUT2D eigenvalue weighted by atomic mass is 16.6. The summed E-state index contributed by atoms with van der Waals surface area (Å²) in [5, 5.41) is 0. The quantitative estimate of drug-likeness (QED) is 0.648. The molecular weight excluding hydrogens is 348 g/mol. The maximum atomic E-state index is 12.4.